The van der Waals surface area contributed by atoms with Gasteiger partial charge in [-0.25, -0.2) is 0 Å². The van der Waals surface area contributed by atoms with Gasteiger partial charge < -0.3 is 11.5 Å². The normalized spacial score (nSPS) is 20.5. The predicted octanol–water partition coefficient (Wildman–Crippen LogP) is 3.60. The Morgan fingerprint density at radius 2 is 1.00 bits per heavy atom. The van der Waals surface area contributed by atoms with Crippen LogP contribution in [-0.4, -0.2) is 0 Å². The molecule has 0 amide bonds. The van der Waals surface area contributed by atoms with Crippen molar-refractivity contribution in [3.8, 4) is 11.1 Å². The molecule has 0 heterocycles. The average Bonchev–Trinajstić information content (AvgIpc) is 2.34. The van der Waals surface area contributed by atoms with E-state index in [-0.39, 0.29) is 12.1 Å². The van der Waals surface area contributed by atoms with E-state index in [2.05, 4.69) is 52.0 Å². The molecular formula is C18H22N2. The van der Waals surface area contributed by atoms with Crippen molar-refractivity contribution in [2.45, 2.75) is 39.8 Å². The molecular weight excluding hydrogens is 244 g/mol. The summed E-state index contributed by atoms with van der Waals surface area (Å²) in [5, 5.41) is 0. The number of hydrogen-bond donors (Lipinski definition) is 2. The molecule has 4 N–H and O–H groups in total. The lowest BCUT2D eigenvalue weighted by atomic mass is 9.75. The van der Waals surface area contributed by atoms with E-state index in [0.29, 0.717) is 0 Å². The van der Waals surface area contributed by atoms with E-state index < -0.39 is 0 Å². The summed E-state index contributed by atoms with van der Waals surface area (Å²) in [6, 6.07) is 8.62. The minimum atomic E-state index is -0.125. The Kier molecular flexibility index (Phi) is 2.96. The van der Waals surface area contributed by atoms with Crippen molar-refractivity contribution >= 4 is 0 Å². The Morgan fingerprint density at radius 1 is 0.650 bits per heavy atom. The third-order valence-electron chi connectivity index (χ3n) is 4.41. The third kappa shape index (κ3) is 1.80. The van der Waals surface area contributed by atoms with Crippen molar-refractivity contribution in [1.82, 2.24) is 0 Å². The van der Waals surface area contributed by atoms with Crippen LogP contribution in [0.5, 0.6) is 0 Å². The van der Waals surface area contributed by atoms with E-state index in [1.54, 1.807) is 0 Å². The molecule has 0 unspecified atom stereocenters. The van der Waals surface area contributed by atoms with Crippen LogP contribution in [0.1, 0.15) is 45.5 Å². The van der Waals surface area contributed by atoms with Gasteiger partial charge >= 0.3 is 0 Å². The lowest BCUT2D eigenvalue weighted by Gasteiger charge is -2.34. The zero-order chi connectivity index (χ0) is 14.6. The van der Waals surface area contributed by atoms with Gasteiger partial charge in [-0.2, -0.15) is 0 Å². The average molecular weight is 266 g/mol. The molecule has 2 atom stereocenters. The largest absolute Gasteiger partial charge is 0.322 e. The Balaban J connectivity index is 2.42. The quantitative estimate of drug-likeness (QED) is 0.765. The summed E-state index contributed by atoms with van der Waals surface area (Å²) in [5.74, 6) is 0. The van der Waals surface area contributed by atoms with Crippen LogP contribution in [0.3, 0.4) is 0 Å². The van der Waals surface area contributed by atoms with E-state index >= 15 is 0 Å². The molecule has 20 heavy (non-hydrogen) atoms. The first-order chi connectivity index (χ1) is 9.40. The van der Waals surface area contributed by atoms with Crippen LogP contribution in [0, 0.1) is 27.7 Å². The molecule has 0 saturated carbocycles. The lowest BCUT2D eigenvalue weighted by molar-refractivity contribution is 0.562. The molecule has 2 aromatic carbocycles. The molecule has 0 bridgehead atoms. The van der Waals surface area contributed by atoms with E-state index in [1.807, 2.05) is 0 Å². The summed E-state index contributed by atoms with van der Waals surface area (Å²) >= 11 is 0. The molecule has 2 heteroatoms. The summed E-state index contributed by atoms with van der Waals surface area (Å²) in [4.78, 5) is 0. The molecule has 0 aromatic heterocycles. The number of nitrogens with two attached hydrogens (primary N) is 2. The van der Waals surface area contributed by atoms with Crippen molar-refractivity contribution < 1.29 is 0 Å². The van der Waals surface area contributed by atoms with Crippen LogP contribution in [0.15, 0.2) is 24.3 Å². The van der Waals surface area contributed by atoms with Crippen LogP contribution < -0.4 is 11.5 Å². The highest BCUT2D eigenvalue weighted by Gasteiger charge is 2.31. The van der Waals surface area contributed by atoms with Gasteiger partial charge in [0.05, 0.1) is 0 Å². The zero-order valence-electron chi connectivity index (χ0n) is 12.6. The molecule has 2 nitrogen and oxygen atoms in total. The predicted molar refractivity (Wildman–Crippen MR) is 84.7 cm³/mol. The molecule has 0 radical (unpaired) electrons. The second kappa shape index (κ2) is 4.44. The summed E-state index contributed by atoms with van der Waals surface area (Å²) < 4.78 is 0. The highest BCUT2D eigenvalue weighted by atomic mass is 14.8. The van der Waals surface area contributed by atoms with Crippen LogP contribution in [0.2, 0.25) is 0 Å². The second-order valence-electron chi connectivity index (χ2n) is 6.14. The van der Waals surface area contributed by atoms with E-state index in [1.165, 1.54) is 44.5 Å². The van der Waals surface area contributed by atoms with E-state index in [4.69, 9.17) is 11.5 Å². The van der Waals surface area contributed by atoms with E-state index in [0.717, 1.165) is 0 Å². The Bertz CT molecular complexity index is 640. The monoisotopic (exact) mass is 266 g/mol. The summed E-state index contributed by atoms with van der Waals surface area (Å²) in [6.45, 7) is 8.53. The minimum absolute atomic E-state index is 0.125. The zero-order valence-corrected chi connectivity index (χ0v) is 12.6. The molecule has 2 aromatic rings. The van der Waals surface area contributed by atoms with Gasteiger partial charge in [-0.3, -0.25) is 0 Å². The molecule has 0 aliphatic heterocycles. The Labute approximate surface area is 120 Å². The number of aryl methyl sites for hydroxylation is 4. The van der Waals surface area contributed by atoms with E-state index in [9.17, 15) is 0 Å². The second-order valence-corrected chi connectivity index (χ2v) is 6.14. The molecule has 0 spiro atoms. The molecule has 1 aliphatic carbocycles. The van der Waals surface area contributed by atoms with Crippen molar-refractivity contribution in [2.24, 2.45) is 11.5 Å². The maximum Gasteiger partial charge on any atom is 0.0500 e. The Hall–Kier alpha value is -1.64. The van der Waals surface area contributed by atoms with Gasteiger partial charge in [-0.05, 0) is 61.1 Å². The minimum Gasteiger partial charge on any atom is -0.322 e. The topological polar surface area (TPSA) is 52.0 Å². The van der Waals surface area contributed by atoms with Crippen LogP contribution >= 0.6 is 0 Å². The van der Waals surface area contributed by atoms with Crippen LogP contribution in [0.25, 0.3) is 11.1 Å². The maximum absolute atomic E-state index is 6.44. The fourth-order valence-electron chi connectivity index (χ4n) is 3.65. The molecule has 104 valence electrons. The van der Waals surface area contributed by atoms with Gasteiger partial charge in [0, 0.05) is 12.1 Å². The fourth-order valence-corrected chi connectivity index (χ4v) is 3.65. The number of hydrogen-bond acceptors (Lipinski definition) is 2. The van der Waals surface area contributed by atoms with Gasteiger partial charge in [-0.15, -0.1) is 0 Å². The molecule has 0 fully saturated rings. The van der Waals surface area contributed by atoms with Gasteiger partial charge in [0.15, 0.2) is 0 Å². The molecule has 3 rings (SSSR count). The first-order valence-corrected chi connectivity index (χ1v) is 7.14. The molecule has 0 saturated heterocycles. The maximum atomic E-state index is 6.44. The smallest absolute Gasteiger partial charge is 0.0500 e. The summed E-state index contributed by atoms with van der Waals surface area (Å²) in [5.41, 5.74) is 22.8. The highest BCUT2D eigenvalue weighted by Crippen LogP contribution is 2.45. The van der Waals surface area contributed by atoms with Crippen molar-refractivity contribution in [3.05, 3.63) is 57.6 Å². The van der Waals surface area contributed by atoms with Gasteiger partial charge in [-0.1, -0.05) is 35.4 Å². The number of rotatable bonds is 0. The van der Waals surface area contributed by atoms with Gasteiger partial charge in [0.2, 0.25) is 0 Å². The van der Waals surface area contributed by atoms with Crippen molar-refractivity contribution in [2.75, 3.05) is 0 Å². The van der Waals surface area contributed by atoms with Crippen LogP contribution in [0.4, 0.5) is 0 Å². The van der Waals surface area contributed by atoms with Gasteiger partial charge in [0.1, 0.15) is 0 Å². The third-order valence-corrected chi connectivity index (χ3v) is 4.41. The summed E-state index contributed by atoms with van der Waals surface area (Å²) in [6.07, 6.45) is 0. The number of fused-ring (bicyclic) bond motifs is 3. The number of benzene rings is 2. The first-order valence-electron chi connectivity index (χ1n) is 7.14. The highest BCUT2D eigenvalue weighted by molar-refractivity contribution is 5.78. The van der Waals surface area contributed by atoms with Crippen LogP contribution in [-0.2, 0) is 0 Å². The van der Waals surface area contributed by atoms with Crippen molar-refractivity contribution in [3.63, 3.8) is 0 Å². The lowest BCUT2D eigenvalue weighted by Crippen LogP contribution is -2.31. The SMILES string of the molecule is Cc1cc(C)c2c(c1)-c1cc(C)cc(C)c1[C@@H](N)[C@@H]2N. The Morgan fingerprint density at radius 3 is 1.35 bits per heavy atom. The standard InChI is InChI=1S/C18H22N2/c1-9-5-11(3)15-13(7-9)14-8-10(2)6-12(4)16(14)18(20)17(15)19/h5-8,17-18H,19-20H2,1-4H3/t17-,18-/m1/s1. The molecule has 1 aliphatic rings. The van der Waals surface area contributed by atoms with Crippen molar-refractivity contribution in [1.29, 1.82) is 0 Å². The summed E-state index contributed by atoms with van der Waals surface area (Å²) in [7, 11) is 0. The van der Waals surface area contributed by atoms with Gasteiger partial charge in [0.25, 0.3) is 0 Å². The first kappa shape index (κ1) is 13.3. The fraction of sp³-hybridized carbons (Fsp3) is 0.333.